The van der Waals surface area contributed by atoms with Crippen LogP contribution in [0.3, 0.4) is 0 Å². The van der Waals surface area contributed by atoms with E-state index < -0.39 is 0 Å². The Morgan fingerprint density at radius 3 is 2.84 bits per heavy atom. The molecule has 19 heavy (non-hydrogen) atoms. The van der Waals surface area contributed by atoms with E-state index in [9.17, 15) is 0 Å². The number of aryl methyl sites for hydroxylation is 1. The van der Waals surface area contributed by atoms with Crippen LogP contribution in [0.25, 0.3) is 0 Å². The number of hydrogen-bond donors (Lipinski definition) is 1. The first-order chi connectivity index (χ1) is 9.20. The second-order valence-electron chi connectivity index (χ2n) is 4.70. The van der Waals surface area contributed by atoms with Crippen LogP contribution in [0.5, 0.6) is 5.75 Å². The van der Waals surface area contributed by atoms with E-state index in [0.29, 0.717) is 0 Å². The second-order valence-corrected chi connectivity index (χ2v) is 4.70. The fourth-order valence-electron chi connectivity index (χ4n) is 2.12. The maximum absolute atomic E-state index is 5.38. The summed E-state index contributed by atoms with van der Waals surface area (Å²) in [5, 5.41) is 7.76. The molecule has 102 valence electrons. The highest BCUT2D eigenvalue weighted by Gasteiger charge is 2.09. The van der Waals surface area contributed by atoms with Crippen LogP contribution < -0.4 is 10.1 Å². The molecule has 0 fully saturated rings. The lowest BCUT2D eigenvalue weighted by atomic mass is 10.1. The molecule has 0 saturated heterocycles. The zero-order valence-electron chi connectivity index (χ0n) is 11.8. The van der Waals surface area contributed by atoms with Crippen molar-refractivity contribution in [3.63, 3.8) is 0 Å². The van der Waals surface area contributed by atoms with Crippen LogP contribution in [0.4, 0.5) is 0 Å². The van der Waals surface area contributed by atoms with E-state index in [1.807, 2.05) is 36.0 Å². The summed E-state index contributed by atoms with van der Waals surface area (Å²) < 4.78 is 7.33. The number of rotatable bonds is 6. The second kappa shape index (κ2) is 6.38. The number of nitrogens with zero attached hydrogens (tertiary/aromatic N) is 2. The summed E-state index contributed by atoms with van der Waals surface area (Å²) in [6.45, 7) is 5.94. The van der Waals surface area contributed by atoms with E-state index in [-0.39, 0.29) is 6.04 Å². The van der Waals surface area contributed by atoms with E-state index in [1.54, 1.807) is 7.11 Å². The van der Waals surface area contributed by atoms with E-state index >= 15 is 0 Å². The molecule has 1 N–H and O–H groups in total. The third kappa shape index (κ3) is 3.58. The minimum atomic E-state index is 0.257. The van der Waals surface area contributed by atoms with Crippen LogP contribution in [0.2, 0.25) is 0 Å². The predicted molar refractivity (Wildman–Crippen MR) is 76.4 cm³/mol. The summed E-state index contributed by atoms with van der Waals surface area (Å²) >= 11 is 0. The molecule has 2 aromatic rings. The van der Waals surface area contributed by atoms with E-state index in [4.69, 9.17) is 4.74 Å². The van der Waals surface area contributed by atoms with Gasteiger partial charge in [0, 0.05) is 24.3 Å². The standard InChI is InChI=1S/C15H21N3O/c1-12-10-17-18(11-12)9-8-16-13(2)14-6-4-5-7-15(14)19-3/h4-7,10-11,13,16H,8-9H2,1-3H3. The molecule has 0 radical (unpaired) electrons. The number of para-hydroxylation sites is 1. The van der Waals surface area contributed by atoms with Gasteiger partial charge in [-0.3, -0.25) is 4.68 Å². The molecular formula is C15H21N3O. The Morgan fingerprint density at radius 2 is 2.16 bits per heavy atom. The lowest BCUT2D eigenvalue weighted by Crippen LogP contribution is -2.23. The van der Waals surface area contributed by atoms with E-state index in [1.165, 1.54) is 11.1 Å². The maximum atomic E-state index is 5.38. The largest absolute Gasteiger partial charge is 0.496 e. The quantitative estimate of drug-likeness (QED) is 0.866. The van der Waals surface area contributed by atoms with Crippen molar-refractivity contribution in [2.24, 2.45) is 0 Å². The third-order valence-corrected chi connectivity index (χ3v) is 3.16. The highest BCUT2D eigenvalue weighted by atomic mass is 16.5. The monoisotopic (exact) mass is 259 g/mol. The Balaban J connectivity index is 1.88. The van der Waals surface area contributed by atoms with E-state index in [0.717, 1.165) is 18.8 Å². The fourth-order valence-corrected chi connectivity index (χ4v) is 2.12. The summed E-state index contributed by atoms with van der Waals surface area (Å²) in [6, 6.07) is 8.36. The van der Waals surface area contributed by atoms with Crippen LogP contribution >= 0.6 is 0 Å². The van der Waals surface area contributed by atoms with Gasteiger partial charge in [-0.15, -0.1) is 0 Å². The molecule has 0 aliphatic heterocycles. The Labute approximate surface area is 114 Å². The lowest BCUT2D eigenvalue weighted by molar-refractivity contribution is 0.400. The molecule has 0 amide bonds. The van der Waals surface area contributed by atoms with Gasteiger partial charge in [0.25, 0.3) is 0 Å². The first kappa shape index (κ1) is 13.6. The highest BCUT2D eigenvalue weighted by molar-refractivity contribution is 5.35. The van der Waals surface area contributed by atoms with Gasteiger partial charge in [0.05, 0.1) is 19.9 Å². The number of hydrogen-bond acceptors (Lipinski definition) is 3. The maximum Gasteiger partial charge on any atom is 0.123 e. The molecule has 1 aromatic heterocycles. The summed E-state index contributed by atoms with van der Waals surface area (Å²) in [5.41, 5.74) is 2.37. The first-order valence-corrected chi connectivity index (χ1v) is 6.56. The third-order valence-electron chi connectivity index (χ3n) is 3.16. The first-order valence-electron chi connectivity index (χ1n) is 6.56. The minimum absolute atomic E-state index is 0.257. The number of methoxy groups -OCH3 is 1. The van der Waals surface area contributed by atoms with Gasteiger partial charge in [-0.2, -0.15) is 5.10 Å². The zero-order valence-corrected chi connectivity index (χ0v) is 11.8. The molecule has 4 heteroatoms. The van der Waals surface area contributed by atoms with Gasteiger partial charge in [0.15, 0.2) is 0 Å². The van der Waals surface area contributed by atoms with Gasteiger partial charge in [-0.1, -0.05) is 18.2 Å². The Bertz CT molecular complexity index is 522. The molecule has 0 saturated carbocycles. The van der Waals surface area contributed by atoms with Crippen molar-refractivity contribution < 1.29 is 4.74 Å². The average molecular weight is 259 g/mol. The SMILES string of the molecule is COc1ccccc1C(C)NCCn1cc(C)cn1. The van der Waals surface area contributed by atoms with Crippen LogP contribution in [0, 0.1) is 6.92 Å². The van der Waals surface area contributed by atoms with Crippen molar-refractivity contribution in [1.29, 1.82) is 0 Å². The number of nitrogens with one attached hydrogen (secondary N) is 1. The normalized spacial score (nSPS) is 12.4. The van der Waals surface area contributed by atoms with Gasteiger partial charge in [-0.25, -0.2) is 0 Å². The molecule has 0 aliphatic rings. The average Bonchev–Trinajstić information content (AvgIpc) is 2.84. The summed E-state index contributed by atoms with van der Waals surface area (Å²) in [5.74, 6) is 0.928. The molecular weight excluding hydrogens is 238 g/mol. The van der Waals surface area contributed by atoms with Crippen molar-refractivity contribution >= 4 is 0 Å². The van der Waals surface area contributed by atoms with E-state index in [2.05, 4.69) is 29.6 Å². The van der Waals surface area contributed by atoms with Gasteiger partial charge in [-0.05, 0) is 25.5 Å². The van der Waals surface area contributed by atoms with Gasteiger partial charge >= 0.3 is 0 Å². The van der Waals surface area contributed by atoms with Crippen molar-refractivity contribution in [3.8, 4) is 5.75 Å². The topological polar surface area (TPSA) is 39.1 Å². The molecule has 2 rings (SSSR count). The smallest absolute Gasteiger partial charge is 0.123 e. The summed E-state index contributed by atoms with van der Waals surface area (Å²) in [7, 11) is 1.71. The van der Waals surface area contributed by atoms with Crippen LogP contribution in [0.1, 0.15) is 24.1 Å². The Hall–Kier alpha value is -1.81. The minimum Gasteiger partial charge on any atom is -0.496 e. The molecule has 0 spiro atoms. The van der Waals surface area contributed by atoms with Crippen molar-refractivity contribution in [3.05, 3.63) is 47.8 Å². The van der Waals surface area contributed by atoms with Crippen LogP contribution in [-0.4, -0.2) is 23.4 Å². The van der Waals surface area contributed by atoms with Crippen LogP contribution in [0.15, 0.2) is 36.7 Å². The van der Waals surface area contributed by atoms with Gasteiger partial charge in [0.2, 0.25) is 0 Å². The number of ether oxygens (including phenoxy) is 1. The molecule has 1 heterocycles. The van der Waals surface area contributed by atoms with Gasteiger partial charge in [0.1, 0.15) is 5.75 Å². The molecule has 1 atom stereocenters. The molecule has 0 aliphatic carbocycles. The molecule has 0 bridgehead atoms. The fraction of sp³-hybridized carbons (Fsp3) is 0.400. The highest BCUT2D eigenvalue weighted by Crippen LogP contribution is 2.23. The summed E-state index contributed by atoms with van der Waals surface area (Å²) in [4.78, 5) is 0. The molecule has 1 aromatic carbocycles. The Kier molecular flexibility index (Phi) is 4.58. The molecule has 1 unspecified atom stereocenters. The molecule has 4 nitrogen and oxygen atoms in total. The predicted octanol–water partition coefficient (Wildman–Crippen LogP) is 2.55. The number of benzene rings is 1. The zero-order chi connectivity index (χ0) is 13.7. The number of aromatic nitrogens is 2. The van der Waals surface area contributed by atoms with Crippen molar-refractivity contribution in [1.82, 2.24) is 15.1 Å². The van der Waals surface area contributed by atoms with Crippen molar-refractivity contribution in [2.45, 2.75) is 26.4 Å². The van der Waals surface area contributed by atoms with Crippen molar-refractivity contribution in [2.75, 3.05) is 13.7 Å². The van der Waals surface area contributed by atoms with Crippen LogP contribution in [-0.2, 0) is 6.54 Å². The lowest BCUT2D eigenvalue weighted by Gasteiger charge is -2.17. The van der Waals surface area contributed by atoms with Gasteiger partial charge < -0.3 is 10.1 Å². The Morgan fingerprint density at radius 1 is 1.37 bits per heavy atom. The summed E-state index contributed by atoms with van der Waals surface area (Å²) in [6.07, 6.45) is 3.93.